The number of nitrogens with zero attached hydrogens (tertiary/aromatic N) is 3. The van der Waals surface area contributed by atoms with Gasteiger partial charge in [0.05, 0.1) is 27.7 Å². The highest BCUT2D eigenvalue weighted by Crippen LogP contribution is 2.66. The van der Waals surface area contributed by atoms with Gasteiger partial charge >= 0.3 is 0 Å². The maximum atomic E-state index is 5.59. The number of hydrogen-bond acceptors (Lipinski definition) is 3. The molecule has 0 aliphatic heterocycles. The largest absolute Gasteiger partial charge is 0.277 e. The Hall–Kier alpha value is -7.40. The molecule has 0 saturated carbocycles. The number of hydrogen-bond donors (Lipinski definition) is 0. The maximum absolute atomic E-state index is 5.59. The van der Waals surface area contributed by atoms with Crippen molar-refractivity contribution in [3.05, 3.63) is 210 Å². The van der Waals surface area contributed by atoms with Crippen LogP contribution in [-0.2, 0) is 5.41 Å². The standard InChI is InChI=1S/C55H31N3S/c1-2-16-32(17-3-1)52-36-21-7-13-27-43(36)56-54(57-52)58-44-28-14-8-22-37(44)49-48-39(30-31-46-47(48)38-23-9-15-29-45(38)59-46)51-50(53(49)58)35-20-6-12-26-42(35)55(51)40-24-10-4-18-33(40)34-19-5-11-25-41(34)55/h1-31H. The molecule has 0 atom stereocenters. The minimum Gasteiger partial charge on any atom is -0.277 e. The normalized spacial score (nSPS) is 13.6. The Morgan fingerprint density at radius 2 is 1.03 bits per heavy atom. The highest BCUT2D eigenvalue weighted by atomic mass is 32.1. The fourth-order valence-corrected chi connectivity index (χ4v) is 12.2. The number of thiophene rings is 1. The molecule has 0 bridgehead atoms. The molecule has 272 valence electrons. The molecule has 59 heavy (non-hydrogen) atoms. The van der Waals surface area contributed by atoms with Crippen molar-refractivity contribution in [3.63, 3.8) is 0 Å². The molecule has 9 aromatic carbocycles. The molecule has 14 rings (SSSR count). The van der Waals surface area contributed by atoms with Crippen molar-refractivity contribution in [2.75, 3.05) is 0 Å². The monoisotopic (exact) mass is 765 g/mol. The predicted molar refractivity (Wildman–Crippen MR) is 246 cm³/mol. The summed E-state index contributed by atoms with van der Waals surface area (Å²) < 4.78 is 4.99. The topological polar surface area (TPSA) is 30.7 Å². The van der Waals surface area contributed by atoms with Crippen LogP contribution in [0.2, 0.25) is 0 Å². The van der Waals surface area contributed by atoms with Crippen molar-refractivity contribution < 1.29 is 0 Å². The van der Waals surface area contributed by atoms with Crippen LogP contribution in [0.25, 0.3) is 103 Å². The first-order valence-corrected chi connectivity index (χ1v) is 21.1. The molecule has 3 heterocycles. The van der Waals surface area contributed by atoms with Gasteiger partial charge in [-0.25, -0.2) is 9.97 Å². The van der Waals surface area contributed by atoms with Gasteiger partial charge in [0.25, 0.3) is 0 Å². The van der Waals surface area contributed by atoms with E-state index in [0.29, 0.717) is 5.95 Å². The molecule has 0 amide bonds. The highest BCUT2D eigenvalue weighted by Gasteiger charge is 2.53. The van der Waals surface area contributed by atoms with E-state index in [2.05, 4.69) is 193 Å². The molecule has 0 N–H and O–H groups in total. The number of fused-ring (bicyclic) bond motifs is 22. The first-order valence-electron chi connectivity index (χ1n) is 20.3. The summed E-state index contributed by atoms with van der Waals surface area (Å²) in [4.78, 5) is 11.1. The Kier molecular flexibility index (Phi) is 6.10. The predicted octanol–water partition coefficient (Wildman–Crippen LogP) is 14.3. The second-order valence-electron chi connectivity index (χ2n) is 15.9. The molecular weight excluding hydrogens is 735 g/mol. The number of aromatic nitrogens is 3. The first kappa shape index (κ1) is 31.7. The highest BCUT2D eigenvalue weighted by molar-refractivity contribution is 7.26. The summed E-state index contributed by atoms with van der Waals surface area (Å²) in [5, 5.41) is 8.67. The van der Waals surface area contributed by atoms with Gasteiger partial charge in [-0.3, -0.25) is 4.57 Å². The van der Waals surface area contributed by atoms with Gasteiger partial charge < -0.3 is 0 Å². The Balaban J connectivity index is 1.28. The molecule has 3 aromatic heterocycles. The van der Waals surface area contributed by atoms with Gasteiger partial charge in [0.1, 0.15) is 0 Å². The summed E-state index contributed by atoms with van der Waals surface area (Å²) in [6, 6.07) is 69.1. The van der Waals surface area contributed by atoms with Crippen LogP contribution in [0, 0.1) is 0 Å². The quantitative estimate of drug-likeness (QED) is 0.175. The lowest BCUT2D eigenvalue weighted by atomic mass is 9.69. The van der Waals surface area contributed by atoms with E-state index < -0.39 is 5.41 Å². The zero-order chi connectivity index (χ0) is 38.4. The third-order valence-electron chi connectivity index (χ3n) is 13.2. The lowest BCUT2D eigenvalue weighted by Gasteiger charge is -2.31. The molecule has 12 aromatic rings. The number of benzene rings is 9. The van der Waals surface area contributed by atoms with Gasteiger partial charge in [0.15, 0.2) is 0 Å². The minimum absolute atomic E-state index is 0.550. The molecule has 0 unspecified atom stereocenters. The van der Waals surface area contributed by atoms with Crippen molar-refractivity contribution >= 4 is 75.0 Å². The second kappa shape index (κ2) is 11.4. The van der Waals surface area contributed by atoms with Crippen LogP contribution in [0.3, 0.4) is 0 Å². The van der Waals surface area contributed by atoms with E-state index in [9.17, 15) is 0 Å². The Morgan fingerprint density at radius 3 is 1.81 bits per heavy atom. The summed E-state index contributed by atoms with van der Waals surface area (Å²) in [6.45, 7) is 0. The SMILES string of the molecule is c1ccc(-c2nc(-n3c4ccccc4c4c5c(ccc6sc7ccccc7c65)c5c(c43)-c3ccccc3C53c4ccccc4-c4ccccc43)nc3ccccc23)cc1. The van der Waals surface area contributed by atoms with E-state index in [4.69, 9.17) is 9.97 Å². The summed E-state index contributed by atoms with van der Waals surface area (Å²) in [5.41, 5.74) is 15.0. The average Bonchev–Trinajstić information content (AvgIpc) is 4.03. The van der Waals surface area contributed by atoms with Crippen molar-refractivity contribution in [2.45, 2.75) is 5.41 Å². The summed E-state index contributed by atoms with van der Waals surface area (Å²) in [6.07, 6.45) is 0. The van der Waals surface area contributed by atoms with E-state index in [-0.39, 0.29) is 0 Å². The molecule has 4 heteroatoms. The van der Waals surface area contributed by atoms with E-state index in [1.54, 1.807) is 0 Å². The molecule has 3 nitrogen and oxygen atoms in total. The third-order valence-corrected chi connectivity index (χ3v) is 14.3. The van der Waals surface area contributed by atoms with Gasteiger partial charge in [0.2, 0.25) is 5.95 Å². The van der Waals surface area contributed by atoms with Gasteiger partial charge in [-0.2, -0.15) is 0 Å². The lowest BCUT2D eigenvalue weighted by Crippen LogP contribution is -2.26. The molecular formula is C55H31N3S. The van der Waals surface area contributed by atoms with Crippen LogP contribution in [0.1, 0.15) is 22.3 Å². The zero-order valence-corrected chi connectivity index (χ0v) is 32.5. The van der Waals surface area contributed by atoms with Crippen molar-refractivity contribution in [2.24, 2.45) is 0 Å². The Morgan fingerprint density at radius 1 is 0.424 bits per heavy atom. The van der Waals surface area contributed by atoms with E-state index >= 15 is 0 Å². The van der Waals surface area contributed by atoms with E-state index in [1.165, 1.54) is 86.2 Å². The second-order valence-corrected chi connectivity index (χ2v) is 17.0. The molecule has 0 fully saturated rings. The minimum atomic E-state index is -0.550. The molecule has 0 saturated heterocycles. The fraction of sp³-hybridized carbons (Fsp3) is 0.0182. The van der Waals surface area contributed by atoms with Crippen molar-refractivity contribution in [1.29, 1.82) is 0 Å². The number of rotatable bonds is 2. The van der Waals surface area contributed by atoms with Crippen molar-refractivity contribution in [1.82, 2.24) is 14.5 Å². The van der Waals surface area contributed by atoms with Crippen LogP contribution >= 0.6 is 11.3 Å². The molecule has 2 aliphatic carbocycles. The van der Waals surface area contributed by atoms with E-state index in [1.807, 2.05) is 11.3 Å². The van der Waals surface area contributed by atoms with Gasteiger partial charge in [0, 0.05) is 52.8 Å². The van der Waals surface area contributed by atoms with Crippen LogP contribution < -0.4 is 0 Å². The summed E-state index contributed by atoms with van der Waals surface area (Å²) in [7, 11) is 0. The van der Waals surface area contributed by atoms with Crippen LogP contribution in [0.4, 0.5) is 0 Å². The molecule has 0 radical (unpaired) electrons. The van der Waals surface area contributed by atoms with Gasteiger partial charge in [-0.1, -0.05) is 164 Å². The van der Waals surface area contributed by atoms with Crippen molar-refractivity contribution in [3.8, 4) is 39.5 Å². The molecule has 1 spiro atoms. The zero-order valence-electron chi connectivity index (χ0n) is 31.6. The van der Waals surface area contributed by atoms with Crippen LogP contribution in [0.5, 0.6) is 0 Å². The van der Waals surface area contributed by atoms with Gasteiger partial charge in [-0.15, -0.1) is 11.3 Å². The fourth-order valence-electron chi connectivity index (χ4n) is 11.1. The Bertz CT molecular complexity index is 3750. The van der Waals surface area contributed by atoms with E-state index in [0.717, 1.165) is 33.2 Å². The smallest absolute Gasteiger partial charge is 0.235 e. The summed E-state index contributed by atoms with van der Waals surface area (Å²) in [5.74, 6) is 0.670. The Labute approximate surface area is 343 Å². The third kappa shape index (κ3) is 3.88. The van der Waals surface area contributed by atoms with Gasteiger partial charge in [-0.05, 0) is 68.6 Å². The van der Waals surface area contributed by atoms with Crippen LogP contribution in [0.15, 0.2) is 188 Å². The average molecular weight is 766 g/mol. The summed E-state index contributed by atoms with van der Waals surface area (Å²) >= 11 is 1.88. The van der Waals surface area contributed by atoms with Crippen LogP contribution in [-0.4, -0.2) is 14.5 Å². The number of para-hydroxylation sites is 2. The lowest BCUT2D eigenvalue weighted by molar-refractivity contribution is 0.801. The molecule has 2 aliphatic rings. The first-order chi connectivity index (χ1) is 29.3. The maximum Gasteiger partial charge on any atom is 0.235 e.